The highest BCUT2D eigenvalue weighted by atomic mass is 32.2. The number of carbonyl (C=O) groups excluding carboxylic acids is 1. The van der Waals surface area contributed by atoms with E-state index in [0.29, 0.717) is 36.5 Å². The van der Waals surface area contributed by atoms with Crippen molar-refractivity contribution in [1.82, 2.24) is 14.9 Å². The van der Waals surface area contributed by atoms with Gasteiger partial charge in [-0.3, -0.25) is 14.6 Å². The van der Waals surface area contributed by atoms with Gasteiger partial charge in [-0.2, -0.15) is 0 Å². The van der Waals surface area contributed by atoms with Crippen LogP contribution in [-0.2, 0) is 25.8 Å². The minimum absolute atomic E-state index is 0.0188. The van der Waals surface area contributed by atoms with E-state index >= 15 is 0 Å². The van der Waals surface area contributed by atoms with E-state index in [1.165, 1.54) is 0 Å². The first-order valence-electron chi connectivity index (χ1n) is 13.2. The van der Waals surface area contributed by atoms with Gasteiger partial charge in [0, 0.05) is 36.1 Å². The lowest BCUT2D eigenvalue weighted by Gasteiger charge is -2.23. The highest BCUT2D eigenvalue weighted by Crippen LogP contribution is 2.41. The molecule has 0 saturated carbocycles. The third kappa shape index (κ3) is 5.44. The molecule has 10 heteroatoms. The molecule has 3 heterocycles. The number of hydrogen-bond donors (Lipinski definition) is 2. The average Bonchev–Trinajstić information content (AvgIpc) is 3.51. The highest BCUT2D eigenvalue weighted by Gasteiger charge is 2.31. The Balaban J connectivity index is 1.50. The number of amides is 1. The number of aromatic amines is 1. The number of rotatable bonds is 9. The van der Waals surface area contributed by atoms with Crippen molar-refractivity contribution in [3.05, 3.63) is 71.9 Å². The van der Waals surface area contributed by atoms with Crippen LogP contribution in [0.2, 0.25) is 0 Å². The van der Waals surface area contributed by atoms with Gasteiger partial charge < -0.3 is 19.7 Å². The maximum absolute atomic E-state index is 12.4. The first-order chi connectivity index (χ1) is 19.1. The number of benzene rings is 2. The molecular weight excluding hydrogens is 530 g/mol. The number of aliphatic carboxylic acids is 1. The zero-order chi connectivity index (χ0) is 28.6. The minimum Gasteiger partial charge on any atom is -0.481 e. The van der Waals surface area contributed by atoms with Crippen molar-refractivity contribution in [1.29, 1.82) is 0 Å². The summed E-state index contributed by atoms with van der Waals surface area (Å²) in [5.74, 6) is -0.174. The Hall–Kier alpha value is -4.18. The Morgan fingerprint density at radius 3 is 2.52 bits per heavy atom. The third-order valence-electron chi connectivity index (χ3n) is 7.46. The van der Waals surface area contributed by atoms with Gasteiger partial charge in [-0.1, -0.05) is 19.9 Å². The zero-order valence-corrected chi connectivity index (χ0v) is 23.4. The number of H-pyrrole nitrogens is 1. The molecule has 2 unspecified atom stereocenters. The normalized spacial score (nSPS) is 16.4. The van der Waals surface area contributed by atoms with Gasteiger partial charge in [-0.15, -0.1) is 0 Å². The standard InChI is InChI=1S/C30H31N3O6S/c1-4-40(37,38)22-8-6-21(7-9-22)39-28-15-20-14-26(24-10-5-19(17-31-24)13-18(2)30(35)36)32-25(20)16-23(28)27-11-12-29(34)33(27)3/h5-10,14-18,27,32H,4,11-13H2,1-3H3,(H,35,36). The Kier molecular flexibility index (Phi) is 7.37. The van der Waals surface area contributed by atoms with Crippen molar-refractivity contribution in [2.24, 2.45) is 5.92 Å². The van der Waals surface area contributed by atoms with Gasteiger partial charge in [0.25, 0.3) is 0 Å². The van der Waals surface area contributed by atoms with Gasteiger partial charge in [0.05, 0.1) is 34.0 Å². The molecule has 1 aliphatic rings. The number of fused-ring (bicyclic) bond motifs is 1. The summed E-state index contributed by atoms with van der Waals surface area (Å²) in [6, 6.07) is 15.8. The minimum atomic E-state index is -3.32. The molecule has 0 radical (unpaired) electrons. The molecule has 0 aliphatic carbocycles. The second kappa shape index (κ2) is 10.8. The van der Waals surface area contributed by atoms with Crippen LogP contribution < -0.4 is 4.74 Å². The summed E-state index contributed by atoms with van der Waals surface area (Å²) in [5, 5.41) is 10.1. The second-order valence-corrected chi connectivity index (χ2v) is 12.5. The molecule has 1 fully saturated rings. The molecule has 2 aromatic carbocycles. The molecule has 4 aromatic rings. The van der Waals surface area contributed by atoms with Crippen molar-refractivity contribution in [3.8, 4) is 22.9 Å². The fraction of sp³-hybridized carbons (Fsp3) is 0.300. The molecule has 40 heavy (non-hydrogen) atoms. The maximum atomic E-state index is 12.4. The van der Waals surface area contributed by atoms with Crippen LogP contribution in [0.3, 0.4) is 0 Å². The molecule has 5 rings (SSSR count). The Morgan fingerprint density at radius 2 is 1.93 bits per heavy atom. The Morgan fingerprint density at radius 1 is 1.18 bits per heavy atom. The van der Waals surface area contributed by atoms with Crippen LogP contribution in [0, 0.1) is 5.92 Å². The first-order valence-corrected chi connectivity index (χ1v) is 14.8. The molecule has 2 atom stereocenters. The summed E-state index contributed by atoms with van der Waals surface area (Å²) < 4.78 is 30.7. The summed E-state index contributed by atoms with van der Waals surface area (Å²) in [4.78, 5) is 33.5. The number of carbonyl (C=O) groups is 2. The van der Waals surface area contributed by atoms with Crippen LogP contribution in [0.5, 0.6) is 11.5 Å². The monoisotopic (exact) mass is 561 g/mol. The number of pyridine rings is 1. The molecule has 208 valence electrons. The predicted octanol–water partition coefficient (Wildman–Crippen LogP) is 5.37. The lowest BCUT2D eigenvalue weighted by atomic mass is 10.0. The molecule has 1 amide bonds. The number of carboxylic acids is 1. The van der Waals surface area contributed by atoms with Crippen LogP contribution in [0.4, 0.5) is 0 Å². The summed E-state index contributed by atoms with van der Waals surface area (Å²) in [6.07, 6.45) is 3.21. The second-order valence-electron chi connectivity index (χ2n) is 10.2. The topological polar surface area (TPSA) is 130 Å². The van der Waals surface area contributed by atoms with Crippen molar-refractivity contribution in [2.75, 3.05) is 12.8 Å². The third-order valence-corrected chi connectivity index (χ3v) is 9.21. The number of aromatic nitrogens is 2. The number of sulfone groups is 1. The predicted molar refractivity (Wildman–Crippen MR) is 151 cm³/mol. The van der Waals surface area contributed by atoms with Gasteiger partial charge in [-0.05, 0) is 66.9 Å². The molecule has 0 bridgehead atoms. The van der Waals surface area contributed by atoms with E-state index in [1.807, 2.05) is 30.3 Å². The first kappa shape index (κ1) is 27.4. The van der Waals surface area contributed by atoms with E-state index in [2.05, 4.69) is 9.97 Å². The lowest BCUT2D eigenvalue weighted by Crippen LogP contribution is -2.22. The number of ether oxygens (including phenoxy) is 1. The highest BCUT2D eigenvalue weighted by molar-refractivity contribution is 7.91. The average molecular weight is 562 g/mol. The number of nitrogens with zero attached hydrogens (tertiary/aromatic N) is 2. The van der Waals surface area contributed by atoms with Gasteiger partial charge in [0.15, 0.2) is 9.84 Å². The van der Waals surface area contributed by atoms with Gasteiger partial charge in [-0.25, -0.2) is 8.42 Å². The van der Waals surface area contributed by atoms with Gasteiger partial charge in [0.1, 0.15) is 11.5 Å². The van der Waals surface area contributed by atoms with E-state index < -0.39 is 21.7 Å². The smallest absolute Gasteiger partial charge is 0.306 e. The van der Waals surface area contributed by atoms with Crippen molar-refractivity contribution < 1.29 is 27.9 Å². The van der Waals surface area contributed by atoms with E-state index in [9.17, 15) is 23.1 Å². The quantitative estimate of drug-likeness (QED) is 0.281. The van der Waals surface area contributed by atoms with E-state index in [0.717, 1.165) is 27.7 Å². The molecule has 2 aromatic heterocycles. The van der Waals surface area contributed by atoms with E-state index in [4.69, 9.17) is 4.74 Å². The number of hydrogen-bond acceptors (Lipinski definition) is 6. The fourth-order valence-corrected chi connectivity index (χ4v) is 5.87. The Bertz CT molecular complexity index is 1680. The molecular formula is C30H31N3O6S. The van der Waals surface area contributed by atoms with Crippen LogP contribution >= 0.6 is 0 Å². The molecule has 9 nitrogen and oxygen atoms in total. The number of carboxylic acid groups (broad SMARTS) is 1. The maximum Gasteiger partial charge on any atom is 0.306 e. The summed E-state index contributed by atoms with van der Waals surface area (Å²) in [7, 11) is -1.54. The van der Waals surface area contributed by atoms with Crippen LogP contribution in [0.1, 0.15) is 43.9 Å². The van der Waals surface area contributed by atoms with Crippen molar-refractivity contribution in [3.63, 3.8) is 0 Å². The molecule has 1 aliphatic heterocycles. The number of likely N-dealkylation sites (tertiary alicyclic amines) is 1. The summed E-state index contributed by atoms with van der Waals surface area (Å²) in [5.41, 5.74) is 4.07. The van der Waals surface area contributed by atoms with Crippen molar-refractivity contribution in [2.45, 2.75) is 44.0 Å². The number of nitrogens with one attached hydrogen (secondary N) is 1. The Labute approximate surface area is 232 Å². The fourth-order valence-electron chi connectivity index (χ4n) is 4.99. The van der Waals surface area contributed by atoms with E-state index in [-0.39, 0.29) is 22.6 Å². The van der Waals surface area contributed by atoms with Gasteiger partial charge >= 0.3 is 5.97 Å². The summed E-state index contributed by atoms with van der Waals surface area (Å²) in [6.45, 7) is 3.28. The largest absolute Gasteiger partial charge is 0.481 e. The van der Waals surface area contributed by atoms with Crippen molar-refractivity contribution >= 4 is 32.6 Å². The molecule has 0 spiro atoms. The van der Waals surface area contributed by atoms with Gasteiger partial charge in [0.2, 0.25) is 5.91 Å². The van der Waals surface area contributed by atoms with Crippen LogP contribution in [-0.4, -0.2) is 53.1 Å². The van der Waals surface area contributed by atoms with E-state index in [1.54, 1.807) is 56.3 Å². The zero-order valence-electron chi connectivity index (χ0n) is 22.5. The van der Waals surface area contributed by atoms with Crippen LogP contribution in [0.15, 0.2) is 65.7 Å². The SMILES string of the molecule is CCS(=O)(=O)c1ccc(Oc2cc3cc(-c4ccc(CC(C)C(=O)O)cn4)[nH]c3cc2C2CCC(=O)N2C)cc1. The molecule has 1 saturated heterocycles. The lowest BCUT2D eigenvalue weighted by molar-refractivity contribution is -0.141. The van der Waals surface area contributed by atoms with Crippen LogP contribution in [0.25, 0.3) is 22.3 Å². The summed E-state index contributed by atoms with van der Waals surface area (Å²) >= 11 is 0. The molecule has 2 N–H and O–H groups in total.